The van der Waals surface area contributed by atoms with E-state index in [1.165, 1.54) is 12.0 Å². The molecule has 0 spiro atoms. The lowest BCUT2D eigenvalue weighted by Gasteiger charge is -2.15. The molecule has 0 fully saturated rings. The quantitative estimate of drug-likeness (QED) is 0.471. The Morgan fingerprint density at radius 3 is 2.57 bits per heavy atom. The van der Waals surface area contributed by atoms with Gasteiger partial charge in [-0.2, -0.15) is 0 Å². The summed E-state index contributed by atoms with van der Waals surface area (Å²) in [6.45, 7) is 0.826. The van der Waals surface area contributed by atoms with Gasteiger partial charge in [-0.3, -0.25) is 9.59 Å². The smallest absolute Gasteiger partial charge is 0.325 e. The molecule has 0 bridgehead atoms. The molecular formula is C9H18N2O3. The molecule has 0 unspecified atom stereocenters. The zero-order valence-corrected chi connectivity index (χ0v) is 9.00. The zero-order valence-electron chi connectivity index (χ0n) is 9.00. The maximum atomic E-state index is 11.4. The molecule has 5 nitrogen and oxygen atoms in total. The Kier molecular flexibility index (Phi) is 6.74. The van der Waals surface area contributed by atoms with E-state index in [0.717, 1.165) is 13.0 Å². The summed E-state index contributed by atoms with van der Waals surface area (Å²) in [6, 6.07) is 0. The van der Waals surface area contributed by atoms with E-state index in [1.54, 1.807) is 7.05 Å². The average molecular weight is 202 g/mol. The van der Waals surface area contributed by atoms with Crippen LogP contribution in [0.2, 0.25) is 0 Å². The monoisotopic (exact) mass is 202 g/mol. The van der Waals surface area contributed by atoms with Crippen LogP contribution in [0, 0.1) is 0 Å². The van der Waals surface area contributed by atoms with E-state index in [2.05, 4.69) is 10.1 Å². The van der Waals surface area contributed by atoms with Crippen molar-refractivity contribution in [2.75, 3.05) is 34.3 Å². The van der Waals surface area contributed by atoms with Crippen molar-refractivity contribution >= 4 is 11.9 Å². The van der Waals surface area contributed by atoms with Gasteiger partial charge in [-0.05, 0) is 20.0 Å². The van der Waals surface area contributed by atoms with Crippen LogP contribution in [0.25, 0.3) is 0 Å². The zero-order chi connectivity index (χ0) is 11.0. The summed E-state index contributed by atoms with van der Waals surface area (Å²) >= 11 is 0. The van der Waals surface area contributed by atoms with E-state index in [1.807, 2.05) is 7.05 Å². The third-order valence-corrected chi connectivity index (χ3v) is 1.84. The van der Waals surface area contributed by atoms with Gasteiger partial charge in [-0.1, -0.05) is 0 Å². The number of esters is 1. The third-order valence-electron chi connectivity index (χ3n) is 1.84. The fraction of sp³-hybridized carbons (Fsp3) is 0.778. The Bertz CT molecular complexity index is 194. The molecule has 0 rings (SSSR count). The van der Waals surface area contributed by atoms with Gasteiger partial charge in [0.1, 0.15) is 6.54 Å². The molecule has 0 radical (unpaired) electrons. The van der Waals surface area contributed by atoms with Crippen molar-refractivity contribution in [1.29, 1.82) is 0 Å². The largest absolute Gasteiger partial charge is 0.468 e. The van der Waals surface area contributed by atoms with Crippen LogP contribution in [0.3, 0.4) is 0 Å². The normalized spacial score (nSPS) is 9.64. The lowest BCUT2D eigenvalue weighted by molar-refractivity contribution is -0.146. The van der Waals surface area contributed by atoms with E-state index >= 15 is 0 Å². The van der Waals surface area contributed by atoms with Crippen LogP contribution in [0.4, 0.5) is 0 Å². The summed E-state index contributed by atoms with van der Waals surface area (Å²) in [6.07, 6.45) is 1.23. The number of hydrogen-bond acceptors (Lipinski definition) is 4. The highest BCUT2D eigenvalue weighted by Crippen LogP contribution is 1.95. The van der Waals surface area contributed by atoms with Crippen LogP contribution < -0.4 is 5.32 Å². The van der Waals surface area contributed by atoms with Crippen LogP contribution in [0.1, 0.15) is 12.8 Å². The number of likely N-dealkylation sites (N-methyl/N-ethyl adjacent to an activating group) is 1. The molecule has 0 aliphatic carbocycles. The van der Waals surface area contributed by atoms with E-state index in [4.69, 9.17) is 0 Å². The number of nitrogens with one attached hydrogen (secondary N) is 1. The highest BCUT2D eigenvalue weighted by atomic mass is 16.5. The Morgan fingerprint density at radius 1 is 1.43 bits per heavy atom. The first-order valence-electron chi connectivity index (χ1n) is 4.57. The number of methoxy groups -OCH3 is 1. The summed E-state index contributed by atoms with van der Waals surface area (Å²) in [5.74, 6) is -0.430. The van der Waals surface area contributed by atoms with E-state index in [-0.39, 0.29) is 12.5 Å². The Balaban J connectivity index is 3.70. The molecule has 0 atom stereocenters. The van der Waals surface area contributed by atoms with Gasteiger partial charge in [0.2, 0.25) is 5.91 Å². The summed E-state index contributed by atoms with van der Waals surface area (Å²) in [7, 11) is 4.74. The van der Waals surface area contributed by atoms with Crippen LogP contribution in [0.5, 0.6) is 0 Å². The van der Waals surface area contributed by atoms with Crippen molar-refractivity contribution in [2.45, 2.75) is 12.8 Å². The Labute approximate surface area is 84.4 Å². The molecule has 0 aromatic carbocycles. The highest BCUT2D eigenvalue weighted by molar-refractivity contribution is 5.81. The van der Waals surface area contributed by atoms with E-state index in [0.29, 0.717) is 6.42 Å². The lowest BCUT2D eigenvalue weighted by atomic mass is 10.3. The fourth-order valence-corrected chi connectivity index (χ4v) is 0.954. The molecule has 5 heteroatoms. The van der Waals surface area contributed by atoms with Crippen LogP contribution in [-0.4, -0.2) is 51.1 Å². The molecule has 0 saturated heterocycles. The summed E-state index contributed by atoms with van der Waals surface area (Å²) in [5, 5.41) is 2.95. The summed E-state index contributed by atoms with van der Waals surface area (Å²) in [5.41, 5.74) is 0. The summed E-state index contributed by atoms with van der Waals surface area (Å²) in [4.78, 5) is 23.6. The van der Waals surface area contributed by atoms with Gasteiger partial charge >= 0.3 is 5.97 Å². The van der Waals surface area contributed by atoms with Gasteiger partial charge in [0.25, 0.3) is 0 Å². The van der Waals surface area contributed by atoms with Crippen molar-refractivity contribution in [3.05, 3.63) is 0 Å². The van der Waals surface area contributed by atoms with Crippen molar-refractivity contribution in [1.82, 2.24) is 10.2 Å². The van der Waals surface area contributed by atoms with E-state index in [9.17, 15) is 9.59 Å². The number of carbonyl (C=O) groups is 2. The second-order valence-electron chi connectivity index (χ2n) is 3.03. The number of nitrogens with zero attached hydrogens (tertiary/aromatic N) is 1. The highest BCUT2D eigenvalue weighted by Gasteiger charge is 2.11. The standard InChI is InChI=1S/C9H18N2O3/c1-10-6-4-5-8(12)11(2)7-9(13)14-3/h10H,4-7H2,1-3H3. The maximum absolute atomic E-state index is 11.4. The van der Waals surface area contributed by atoms with Gasteiger partial charge in [-0.25, -0.2) is 0 Å². The van der Waals surface area contributed by atoms with Gasteiger partial charge in [0.15, 0.2) is 0 Å². The number of ether oxygens (including phenoxy) is 1. The second-order valence-corrected chi connectivity index (χ2v) is 3.03. The summed E-state index contributed by atoms with van der Waals surface area (Å²) < 4.78 is 4.45. The van der Waals surface area contributed by atoms with Crippen LogP contribution in [0.15, 0.2) is 0 Å². The van der Waals surface area contributed by atoms with E-state index < -0.39 is 5.97 Å². The molecule has 0 heterocycles. The van der Waals surface area contributed by atoms with Crippen molar-refractivity contribution in [2.24, 2.45) is 0 Å². The molecule has 1 N–H and O–H groups in total. The Morgan fingerprint density at radius 2 is 2.07 bits per heavy atom. The lowest BCUT2D eigenvalue weighted by Crippen LogP contribution is -2.32. The second kappa shape index (κ2) is 7.32. The van der Waals surface area contributed by atoms with Crippen LogP contribution in [-0.2, 0) is 14.3 Å². The molecular weight excluding hydrogens is 184 g/mol. The van der Waals surface area contributed by atoms with Gasteiger partial charge in [0.05, 0.1) is 7.11 Å². The fourth-order valence-electron chi connectivity index (χ4n) is 0.954. The topological polar surface area (TPSA) is 58.6 Å². The minimum Gasteiger partial charge on any atom is -0.468 e. The number of hydrogen-bond donors (Lipinski definition) is 1. The van der Waals surface area contributed by atoms with Crippen molar-refractivity contribution < 1.29 is 14.3 Å². The minimum absolute atomic E-state index is 0.0227. The third kappa shape index (κ3) is 5.53. The molecule has 14 heavy (non-hydrogen) atoms. The molecule has 1 amide bonds. The first-order chi connectivity index (χ1) is 6.61. The molecule has 0 aromatic heterocycles. The number of carbonyl (C=O) groups excluding carboxylic acids is 2. The maximum Gasteiger partial charge on any atom is 0.325 e. The first-order valence-corrected chi connectivity index (χ1v) is 4.57. The van der Waals surface area contributed by atoms with Crippen molar-refractivity contribution in [3.63, 3.8) is 0 Å². The molecule has 0 aromatic rings. The average Bonchev–Trinajstić information content (AvgIpc) is 2.17. The molecule has 0 aliphatic heterocycles. The number of rotatable bonds is 6. The Hall–Kier alpha value is -1.10. The SMILES string of the molecule is CNCCCC(=O)N(C)CC(=O)OC. The molecule has 0 saturated carbocycles. The van der Waals surface area contributed by atoms with Crippen molar-refractivity contribution in [3.8, 4) is 0 Å². The van der Waals surface area contributed by atoms with Gasteiger partial charge < -0.3 is 15.0 Å². The van der Waals surface area contributed by atoms with Gasteiger partial charge in [-0.15, -0.1) is 0 Å². The minimum atomic E-state index is -0.394. The number of amides is 1. The predicted octanol–water partition coefficient (Wildman–Crippen LogP) is -0.383. The molecule has 82 valence electrons. The predicted molar refractivity (Wildman–Crippen MR) is 52.8 cm³/mol. The van der Waals surface area contributed by atoms with Crippen LogP contribution >= 0.6 is 0 Å². The first kappa shape index (κ1) is 12.9. The molecule has 0 aliphatic rings. The van der Waals surface area contributed by atoms with Gasteiger partial charge in [0, 0.05) is 13.5 Å².